The van der Waals surface area contributed by atoms with Crippen molar-refractivity contribution in [3.05, 3.63) is 42.6 Å². The van der Waals surface area contributed by atoms with Gasteiger partial charge in [0.05, 0.1) is 0 Å². The molecule has 0 aliphatic carbocycles. The summed E-state index contributed by atoms with van der Waals surface area (Å²) in [6.45, 7) is 3.85. The Kier molecular flexibility index (Phi) is 3.64. The number of piperazine rings is 1. The summed E-state index contributed by atoms with van der Waals surface area (Å²) in [7, 11) is 0. The van der Waals surface area contributed by atoms with E-state index in [1.807, 2.05) is 12.1 Å². The van der Waals surface area contributed by atoms with E-state index >= 15 is 0 Å². The van der Waals surface area contributed by atoms with Crippen LogP contribution in [0.5, 0.6) is 0 Å². The van der Waals surface area contributed by atoms with Crippen molar-refractivity contribution in [3.63, 3.8) is 0 Å². The monoisotopic (exact) mass is 270 g/mol. The Morgan fingerprint density at radius 2 is 1.65 bits per heavy atom. The minimum atomic E-state index is 0.452. The number of hydrogen-bond acceptors (Lipinski definition) is 6. The van der Waals surface area contributed by atoms with Gasteiger partial charge in [-0.2, -0.15) is 4.98 Å². The number of nitrogens with one attached hydrogen (secondary N) is 1. The lowest BCUT2D eigenvalue weighted by Gasteiger charge is -2.36. The third-order valence-electron chi connectivity index (χ3n) is 3.49. The summed E-state index contributed by atoms with van der Waals surface area (Å²) in [5, 5.41) is 0. The third-order valence-corrected chi connectivity index (χ3v) is 3.49. The Labute approximate surface area is 118 Å². The van der Waals surface area contributed by atoms with Crippen molar-refractivity contribution in [2.75, 3.05) is 41.4 Å². The van der Waals surface area contributed by atoms with Gasteiger partial charge in [0.25, 0.3) is 0 Å². The number of rotatable bonds is 3. The minimum absolute atomic E-state index is 0.452. The van der Waals surface area contributed by atoms with Gasteiger partial charge < -0.3 is 9.80 Å². The van der Waals surface area contributed by atoms with Crippen molar-refractivity contribution in [2.24, 2.45) is 5.84 Å². The molecule has 20 heavy (non-hydrogen) atoms. The molecule has 0 atom stereocenters. The van der Waals surface area contributed by atoms with Crippen molar-refractivity contribution >= 4 is 17.5 Å². The van der Waals surface area contributed by atoms with Crippen LogP contribution < -0.4 is 21.1 Å². The van der Waals surface area contributed by atoms with Gasteiger partial charge in [-0.15, -0.1) is 0 Å². The maximum absolute atomic E-state index is 5.34. The molecule has 6 heteroatoms. The fourth-order valence-electron chi connectivity index (χ4n) is 2.43. The van der Waals surface area contributed by atoms with Crippen LogP contribution >= 0.6 is 0 Å². The van der Waals surface area contributed by atoms with Gasteiger partial charge in [0, 0.05) is 38.1 Å². The zero-order valence-electron chi connectivity index (χ0n) is 11.2. The molecule has 1 aromatic heterocycles. The number of hydrogen-bond donors (Lipinski definition) is 2. The molecule has 0 radical (unpaired) electrons. The maximum Gasteiger partial charge on any atom is 0.239 e. The van der Waals surface area contributed by atoms with E-state index in [2.05, 4.69) is 49.5 Å². The first-order chi connectivity index (χ1) is 9.86. The predicted molar refractivity (Wildman–Crippen MR) is 80.7 cm³/mol. The molecule has 0 unspecified atom stereocenters. The molecule has 2 heterocycles. The maximum atomic E-state index is 5.34. The number of nitrogens with zero attached hydrogens (tertiary/aromatic N) is 4. The van der Waals surface area contributed by atoms with E-state index in [-0.39, 0.29) is 0 Å². The molecular formula is C14H18N6. The molecule has 3 N–H and O–H groups in total. The van der Waals surface area contributed by atoms with Crippen molar-refractivity contribution < 1.29 is 0 Å². The molecule has 0 spiro atoms. The molecule has 0 saturated carbocycles. The standard InChI is InChI=1S/C14H18N6/c15-18-14-16-7-6-13(17-14)20-10-8-19(9-11-20)12-4-2-1-3-5-12/h1-7H,8-11,15H2,(H,16,17,18). The molecule has 3 rings (SSSR count). The number of hydrazine groups is 1. The summed E-state index contributed by atoms with van der Waals surface area (Å²) in [5.74, 6) is 6.71. The largest absolute Gasteiger partial charge is 0.368 e. The van der Waals surface area contributed by atoms with Crippen LogP contribution in [-0.4, -0.2) is 36.1 Å². The van der Waals surface area contributed by atoms with E-state index < -0.39 is 0 Å². The van der Waals surface area contributed by atoms with Crippen LogP contribution in [-0.2, 0) is 0 Å². The van der Waals surface area contributed by atoms with Gasteiger partial charge in [0.1, 0.15) is 5.82 Å². The molecular weight excluding hydrogens is 252 g/mol. The van der Waals surface area contributed by atoms with E-state index in [0.29, 0.717) is 5.95 Å². The summed E-state index contributed by atoms with van der Waals surface area (Å²) in [4.78, 5) is 13.0. The fourth-order valence-corrected chi connectivity index (χ4v) is 2.43. The quantitative estimate of drug-likeness (QED) is 0.642. The summed E-state index contributed by atoms with van der Waals surface area (Å²) >= 11 is 0. The van der Waals surface area contributed by atoms with Gasteiger partial charge in [-0.1, -0.05) is 18.2 Å². The third kappa shape index (κ3) is 2.65. The van der Waals surface area contributed by atoms with E-state index in [9.17, 15) is 0 Å². The van der Waals surface area contributed by atoms with Crippen molar-refractivity contribution in [1.29, 1.82) is 0 Å². The molecule has 6 nitrogen and oxygen atoms in total. The van der Waals surface area contributed by atoms with Gasteiger partial charge >= 0.3 is 0 Å². The lowest BCUT2D eigenvalue weighted by Crippen LogP contribution is -2.46. The predicted octanol–water partition coefficient (Wildman–Crippen LogP) is 1.09. The highest BCUT2D eigenvalue weighted by Gasteiger charge is 2.18. The SMILES string of the molecule is NNc1nccc(N2CCN(c3ccccc3)CC2)n1. The topological polar surface area (TPSA) is 70.3 Å². The van der Waals surface area contributed by atoms with Gasteiger partial charge in [-0.05, 0) is 18.2 Å². The summed E-state index contributed by atoms with van der Waals surface area (Å²) in [5.41, 5.74) is 3.76. The van der Waals surface area contributed by atoms with Crippen LogP contribution in [0.25, 0.3) is 0 Å². The highest BCUT2D eigenvalue weighted by molar-refractivity contribution is 5.49. The zero-order chi connectivity index (χ0) is 13.8. The van der Waals surface area contributed by atoms with Crippen LogP contribution in [0, 0.1) is 0 Å². The number of anilines is 3. The average Bonchev–Trinajstić information content (AvgIpc) is 2.56. The zero-order valence-corrected chi connectivity index (χ0v) is 11.2. The highest BCUT2D eigenvalue weighted by Crippen LogP contribution is 2.19. The van der Waals surface area contributed by atoms with Crippen molar-refractivity contribution in [2.45, 2.75) is 0 Å². The lowest BCUT2D eigenvalue weighted by molar-refractivity contribution is 0.647. The lowest BCUT2D eigenvalue weighted by atomic mass is 10.2. The Hall–Kier alpha value is -2.34. The fraction of sp³-hybridized carbons (Fsp3) is 0.286. The van der Waals surface area contributed by atoms with Crippen LogP contribution in [0.4, 0.5) is 17.5 Å². The first kappa shape index (κ1) is 12.7. The van der Waals surface area contributed by atoms with Gasteiger partial charge in [0.15, 0.2) is 0 Å². The Morgan fingerprint density at radius 3 is 2.35 bits per heavy atom. The molecule has 1 aromatic carbocycles. The van der Waals surface area contributed by atoms with Crippen LogP contribution in [0.2, 0.25) is 0 Å². The summed E-state index contributed by atoms with van der Waals surface area (Å²) in [6, 6.07) is 12.4. The first-order valence-corrected chi connectivity index (χ1v) is 6.71. The van der Waals surface area contributed by atoms with Crippen LogP contribution in [0.3, 0.4) is 0 Å². The number of para-hydroxylation sites is 1. The van der Waals surface area contributed by atoms with E-state index in [1.165, 1.54) is 5.69 Å². The normalized spacial score (nSPS) is 15.2. The van der Waals surface area contributed by atoms with E-state index in [1.54, 1.807) is 6.20 Å². The average molecular weight is 270 g/mol. The van der Waals surface area contributed by atoms with Gasteiger partial charge in [-0.25, -0.2) is 10.8 Å². The van der Waals surface area contributed by atoms with Crippen LogP contribution in [0.1, 0.15) is 0 Å². The number of benzene rings is 1. The molecule has 2 aromatic rings. The first-order valence-electron chi connectivity index (χ1n) is 6.71. The van der Waals surface area contributed by atoms with E-state index in [4.69, 9.17) is 5.84 Å². The van der Waals surface area contributed by atoms with Crippen molar-refractivity contribution in [1.82, 2.24) is 9.97 Å². The second kappa shape index (κ2) is 5.75. The molecule has 1 aliphatic rings. The van der Waals surface area contributed by atoms with E-state index in [0.717, 1.165) is 32.0 Å². The molecule has 1 saturated heterocycles. The Morgan fingerprint density at radius 1 is 0.950 bits per heavy atom. The highest BCUT2D eigenvalue weighted by atomic mass is 15.3. The number of nitrogen functional groups attached to an aromatic ring is 1. The Bertz CT molecular complexity index is 551. The Balaban J connectivity index is 1.66. The molecule has 1 aliphatic heterocycles. The second-order valence-electron chi connectivity index (χ2n) is 4.69. The molecule has 1 fully saturated rings. The van der Waals surface area contributed by atoms with Gasteiger partial charge in [0.2, 0.25) is 5.95 Å². The van der Waals surface area contributed by atoms with Gasteiger partial charge in [-0.3, -0.25) is 5.43 Å². The molecule has 0 amide bonds. The van der Waals surface area contributed by atoms with Crippen LogP contribution in [0.15, 0.2) is 42.6 Å². The minimum Gasteiger partial charge on any atom is -0.368 e. The summed E-state index contributed by atoms with van der Waals surface area (Å²) < 4.78 is 0. The molecule has 104 valence electrons. The second-order valence-corrected chi connectivity index (χ2v) is 4.69. The smallest absolute Gasteiger partial charge is 0.239 e. The molecule has 0 bridgehead atoms. The number of nitrogens with two attached hydrogens (primary N) is 1. The van der Waals surface area contributed by atoms with Crippen molar-refractivity contribution in [3.8, 4) is 0 Å². The summed E-state index contributed by atoms with van der Waals surface area (Å²) in [6.07, 6.45) is 1.72. The number of aromatic nitrogens is 2.